The Morgan fingerprint density at radius 2 is 1.08 bits per heavy atom. The van der Waals surface area contributed by atoms with Gasteiger partial charge in [-0.3, -0.25) is 4.57 Å². The second-order valence-corrected chi connectivity index (χ2v) is 12.9. The van der Waals surface area contributed by atoms with E-state index in [1.807, 2.05) is 30.5 Å². The van der Waals surface area contributed by atoms with Gasteiger partial charge in [-0.05, 0) is 50.9 Å². The highest BCUT2D eigenvalue weighted by Crippen LogP contribution is 2.39. The topological polar surface area (TPSA) is 59.4 Å². The summed E-state index contributed by atoms with van der Waals surface area (Å²) in [4.78, 5) is 19.4. The van der Waals surface area contributed by atoms with Gasteiger partial charge < -0.3 is 4.98 Å². The molecule has 244 valence electrons. The zero-order valence-electron chi connectivity index (χ0n) is 28.1. The molecule has 0 atom stereocenters. The molecule has 0 aliphatic carbocycles. The number of nitrogens with one attached hydrogen (secondary N) is 1. The molecule has 52 heavy (non-hydrogen) atoms. The van der Waals surface area contributed by atoms with Crippen LogP contribution in [0.4, 0.5) is 0 Å². The summed E-state index contributed by atoms with van der Waals surface area (Å²) in [7, 11) is 0. The first-order chi connectivity index (χ1) is 25.8. The fourth-order valence-corrected chi connectivity index (χ4v) is 7.46. The number of aromatic amines is 1. The number of benzene rings is 7. The van der Waals surface area contributed by atoms with Gasteiger partial charge in [0.05, 0.1) is 16.6 Å². The largest absolute Gasteiger partial charge is 0.359 e. The van der Waals surface area contributed by atoms with Crippen LogP contribution in [0.25, 0.3) is 94.1 Å². The number of rotatable bonds is 4. The van der Waals surface area contributed by atoms with Crippen molar-refractivity contribution in [1.82, 2.24) is 24.5 Å². The van der Waals surface area contributed by atoms with Gasteiger partial charge in [-0.1, -0.05) is 158 Å². The number of hydrogen-bond donors (Lipinski definition) is 1. The summed E-state index contributed by atoms with van der Waals surface area (Å²) < 4.78 is 2.20. The van der Waals surface area contributed by atoms with Crippen LogP contribution < -0.4 is 0 Å². The summed E-state index contributed by atoms with van der Waals surface area (Å²) in [5.41, 5.74) is 7.12. The van der Waals surface area contributed by atoms with Gasteiger partial charge >= 0.3 is 0 Å². The van der Waals surface area contributed by atoms with Gasteiger partial charge in [-0.15, -0.1) is 0 Å². The molecule has 3 heterocycles. The van der Waals surface area contributed by atoms with Crippen molar-refractivity contribution >= 4 is 54.3 Å². The van der Waals surface area contributed by atoms with E-state index in [0.29, 0.717) is 17.6 Å². The minimum atomic E-state index is 0.552. The number of nitrogens with zero attached hydrogens (tertiary/aromatic N) is 4. The van der Waals surface area contributed by atoms with E-state index in [2.05, 4.69) is 161 Å². The van der Waals surface area contributed by atoms with Crippen LogP contribution in [-0.4, -0.2) is 24.5 Å². The van der Waals surface area contributed by atoms with Crippen LogP contribution in [0, 0.1) is 0 Å². The number of aromatic nitrogens is 5. The third-order valence-electron chi connectivity index (χ3n) is 9.88. The molecule has 0 bridgehead atoms. The molecular formula is C47H31N5. The lowest BCUT2D eigenvalue weighted by Crippen LogP contribution is -2.07. The SMILES string of the molecule is c1ccc(-c2nc(-c3cccc4ccccc34)nc(-n3c4ccccc4c4ccc5c(-c6ccc7ccccc7c6)ccccc[nH]c5c43)n2)cc1. The van der Waals surface area contributed by atoms with Crippen molar-refractivity contribution in [3.05, 3.63) is 182 Å². The Morgan fingerprint density at radius 3 is 1.98 bits per heavy atom. The molecule has 0 spiro atoms. The van der Waals surface area contributed by atoms with Gasteiger partial charge in [0.25, 0.3) is 0 Å². The van der Waals surface area contributed by atoms with Gasteiger partial charge in [0, 0.05) is 33.5 Å². The Hall–Kier alpha value is -7.11. The molecule has 7 aromatic carbocycles. The highest BCUT2D eigenvalue weighted by molar-refractivity contribution is 6.19. The van der Waals surface area contributed by atoms with E-state index >= 15 is 0 Å². The Morgan fingerprint density at radius 1 is 0.404 bits per heavy atom. The first kappa shape index (κ1) is 29.8. The normalized spacial score (nSPS) is 11.5. The minimum absolute atomic E-state index is 0.552. The smallest absolute Gasteiger partial charge is 0.238 e. The van der Waals surface area contributed by atoms with Crippen molar-refractivity contribution in [3.63, 3.8) is 0 Å². The lowest BCUT2D eigenvalue weighted by Gasteiger charge is -2.13. The molecule has 3 aromatic heterocycles. The molecule has 0 amide bonds. The van der Waals surface area contributed by atoms with E-state index < -0.39 is 0 Å². The van der Waals surface area contributed by atoms with Crippen LogP contribution in [0.5, 0.6) is 0 Å². The third-order valence-corrected chi connectivity index (χ3v) is 9.88. The average molecular weight is 666 g/mol. The number of para-hydroxylation sites is 1. The van der Waals surface area contributed by atoms with Gasteiger partial charge in [0.15, 0.2) is 11.6 Å². The molecule has 10 aromatic rings. The van der Waals surface area contributed by atoms with Crippen molar-refractivity contribution in [2.24, 2.45) is 0 Å². The van der Waals surface area contributed by atoms with Crippen molar-refractivity contribution < 1.29 is 0 Å². The summed E-state index contributed by atoms with van der Waals surface area (Å²) >= 11 is 0. The van der Waals surface area contributed by atoms with Crippen LogP contribution in [0.2, 0.25) is 0 Å². The van der Waals surface area contributed by atoms with Crippen LogP contribution in [-0.2, 0) is 0 Å². The van der Waals surface area contributed by atoms with Crippen LogP contribution in [0.15, 0.2) is 182 Å². The first-order valence-corrected chi connectivity index (χ1v) is 17.5. The number of hydrogen-bond acceptors (Lipinski definition) is 3. The quantitative estimate of drug-likeness (QED) is 0.203. The second-order valence-electron chi connectivity index (χ2n) is 12.9. The molecule has 1 N–H and O–H groups in total. The predicted molar refractivity (Wildman–Crippen MR) is 215 cm³/mol. The summed E-state index contributed by atoms with van der Waals surface area (Å²) in [6.45, 7) is 0. The van der Waals surface area contributed by atoms with Gasteiger partial charge in [-0.2, -0.15) is 9.97 Å². The zero-order chi connectivity index (χ0) is 34.4. The molecule has 0 saturated heterocycles. The molecular weight excluding hydrogens is 635 g/mol. The first-order valence-electron chi connectivity index (χ1n) is 17.5. The fourth-order valence-electron chi connectivity index (χ4n) is 7.46. The van der Waals surface area contributed by atoms with E-state index in [-0.39, 0.29) is 0 Å². The molecule has 0 unspecified atom stereocenters. The molecule has 10 rings (SSSR count). The van der Waals surface area contributed by atoms with Crippen LogP contribution >= 0.6 is 0 Å². The van der Waals surface area contributed by atoms with E-state index in [1.165, 1.54) is 10.8 Å². The lowest BCUT2D eigenvalue weighted by molar-refractivity contribution is 0.955. The monoisotopic (exact) mass is 665 g/mol. The highest BCUT2D eigenvalue weighted by Gasteiger charge is 2.21. The average Bonchev–Trinajstić information content (AvgIpc) is 3.59. The Kier molecular flexibility index (Phi) is 7.07. The molecule has 5 heteroatoms. The Balaban J connectivity index is 1.33. The number of H-pyrrole nitrogens is 1. The summed E-state index contributed by atoms with van der Waals surface area (Å²) in [6.07, 6.45) is 2.00. The minimum Gasteiger partial charge on any atom is -0.359 e. The van der Waals surface area contributed by atoms with E-state index in [4.69, 9.17) is 15.0 Å². The van der Waals surface area contributed by atoms with Crippen molar-refractivity contribution in [1.29, 1.82) is 0 Å². The Labute approximate surface area is 299 Å². The van der Waals surface area contributed by atoms with Crippen molar-refractivity contribution in [3.8, 4) is 39.9 Å². The maximum Gasteiger partial charge on any atom is 0.238 e. The standard InChI is InChI=1S/C47H31N5/c1-3-16-33(17-4-1)45-49-46(41-23-13-19-32-15-8-9-21-36(32)41)51-47(50-45)52-42-24-11-10-22-38(42)40-28-27-39-37(20-5-2-12-29-48-43(39)44(40)52)35-26-25-31-14-6-7-18-34(31)30-35/h1-30,48H. The zero-order valence-corrected chi connectivity index (χ0v) is 28.1. The summed E-state index contributed by atoms with van der Waals surface area (Å²) in [5, 5.41) is 7.95. The van der Waals surface area contributed by atoms with E-state index in [0.717, 1.165) is 65.7 Å². The highest BCUT2D eigenvalue weighted by atomic mass is 15.2. The second kappa shape index (κ2) is 12.3. The molecule has 0 aliphatic rings. The molecule has 0 radical (unpaired) electrons. The molecule has 0 fully saturated rings. The van der Waals surface area contributed by atoms with Gasteiger partial charge in [0.1, 0.15) is 0 Å². The maximum absolute atomic E-state index is 5.31. The molecule has 0 aliphatic heterocycles. The number of fused-ring (bicyclic) bond motifs is 7. The van der Waals surface area contributed by atoms with Gasteiger partial charge in [-0.25, -0.2) is 4.98 Å². The maximum atomic E-state index is 5.31. The van der Waals surface area contributed by atoms with E-state index in [9.17, 15) is 0 Å². The van der Waals surface area contributed by atoms with Crippen molar-refractivity contribution in [2.75, 3.05) is 0 Å². The van der Waals surface area contributed by atoms with Crippen LogP contribution in [0.3, 0.4) is 0 Å². The van der Waals surface area contributed by atoms with E-state index in [1.54, 1.807) is 0 Å². The summed E-state index contributed by atoms with van der Waals surface area (Å²) in [5.74, 6) is 1.79. The third kappa shape index (κ3) is 4.98. The summed E-state index contributed by atoms with van der Waals surface area (Å²) in [6, 6.07) is 61.4. The molecule has 5 nitrogen and oxygen atoms in total. The lowest BCUT2D eigenvalue weighted by atomic mass is 9.98. The van der Waals surface area contributed by atoms with Crippen molar-refractivity contribution in [2.45, 2.75) is 0 Å². The molecule has 0 saturated carbocycles. The van der Waals surface area contributed by atoms with Gasteiger partial charge in [0.2, 0.25) is 5.95 Å². The Bertz CT molecular complexity index is 3020. The fraction of sp³-hybridized carbons (Fsp3) is 0. The predicted octanol–water partition coefficient (Wildman–Crippen LogP) is 11.9. The van der Waals surface area contributed by atoms with Crippen LogP contribution in [0.1, 0.15) is 0 Å².